The summed E-state index contributed by atoms with van der Waals surface area (Å²) >= 11 is 0. The molecule has 0 aliphatic carbocycles. The molecule has 104 valence electrons. The third-order valence-corrected chi connectivity index (χ3v) is 3.14. The molecule has 0 aliphatic rings. The molecular weight excluding hydrogens is 254 g/mol. The average Bonchev–Trinajstić information content (AvgIpc) is 2.37. The van der Waals surface area contributed by atoms with Gasteiger partial charge in [0.05, 0.1) is 6.61 Å². The van der Waals surface area contributed by atoms with Gasteiger partial charge in [0.15, 0.2) is 0 Å². The first-order chi connectivity index (χ1) is 9.51. The Balaban J connectivity index is 2.58. The van der Waals surface area contributed by atoms with Crippen molar-refractivity contribution in [2.75, 3.05) is 0 Å². The van der Waals surface area contributed by atoms with Crippen LogP contribution in [0.2, 0.25) is 0 Å². The summed E-state index contributed by atoms with van der Waals surface area (Å²) in [6.07, 6.45) is -0.868. The Kier molecular flexibility index (Phi) is 4.05. The molecule has 0 heterocycles. The van der Waals surface area contributed by atoms with Gasteiger partial charge in [0, 0.05) is 0 Å². The van der Waals surface area contributed by atoms with Crippen LogP contribution in [0.4, 0.5) is 4.79 Å². The van der Waals surface area contributed by atoms with Gasteiger partial charge in [-0.05, 0) is 59.9 Å². The van der Waals surface area contributed by atoms with Gasteiger partial charge in [-0.3, -0.25) is 0 Å². The topological polar surface area (TPSA) is 72.6 Å². The Morgan fingerprint density at radius 2 is 1.85 bits per heavy atom. The molecule has 2 aromatic rings. The van der Waals surface area contributed by atoms with E-state index in [0.717, 1.165) is 22.3 Å². The lowest BCUT2D eigenvalue weighted by molar-refractivity contribution is 0.210. The normalized spacial score (nSPS) is 10.3. The number of nitrogens with two attached hydrogens (primary N) is 1. The van der Waals surface area contributed by atoms with E-state index in [1.807, 2.05) is 38.1 Å². The summed E-state index contributed by atoms with van der Waals surface area (Å²) in [5, 5.41) is 9.33. The van der Waals surface area contributed by atoms with Gasteiger partial charge in [-0.15, -0.1) is 0 Å². The van der Waals surface area contributed by atoms with Crippen LogP contribution in [0.3, 0.4) is 0 Å². The standard InChI is InChI=1S/C16H17NO3/c1-10-4-3-5-11(2)15(10)13-6-12(9-18)7-14(8-13)20-16(17)19/h3-8,18H,9H2,1-2H3,(H2,17,19). The molecule has 3 N–H and O–H groups in total. The van der Waals surface area contributed by atoms with E-state index in [0.29, 0.717) is 11.3 Å². The minimum absolute atomic E-state index is 0.131. The Hall–Kier alpha value is -2.33. The molecule has 0 aromatic heterocycles. The van der Waals surface area contributed by atoms with Gasteiger partial charge in [0.25, 0.3) is 0 Å². The lowest BCUT2D eigenvalue weighted by atomic mass is 9.94. The molecule has 0 saturated carbocycles. The number of carbonyl (C=O) groups excluding carboxylic acids is 1. The molecule has 0 radical (unpaired) electrons. The zero-order valence-electron chi connectivity index (χ0n) is 11.5. The van der Waals surface area contributed by atoms with Crippen LogP contribution in [0.15, 0.2) is 36.4 Å². The van der Waals surface area contributed by atoms with E-state index in [4.69, 9.17) is 10.5 Å². The number of aliphatic hydroxyl groups is 1. The Labute approximate surface area is 117 Å². The zero-order valence-corrected chi connectivity index (χ0v) is 11.5. The highest BCUT2D eigenvalue weighted by molar-refractivity contribution is 5.74. The van der Waals surface area contributed by atoms with Crippen LogP contribution in [0.25, 0.3) is 11.1 Å². The number of aliphatic hydroxyl groups excluding tert-OH is 1. The first kappa shape index (κ1) is 14.1. The fourth-order valence-corrected chi connectivity index (χ4v) is 2.34. The van der Waals surface area contributed by atoms with Gasteiger partial charge in [-0.2, -0.15) is 0 Å². The molecule has 20 heavy (non-hydrogen) atoms. The lowest BCUT2D eigenvalue weighted by Crippen LogP contribution is -2.16. The average molecular weight is 271 g/mol. The fourth-order valence-electron chi connectivity index (χ4n) is 2.34. The van der Waals surface area contributed by atoms with Crippen molar-refractivity contribution in [2.45, 2.75) is 20.5 Å². The summed E-state index contributed by atoms with van der Waals surface area (Å²) in [6, 6.07) is 11.3. The van der Waals surface area contributed by atoms with E-state index in [1.165, 1.54) is 0 Å². The maximum absolute atomic E-state index is 10.9. The quantitative estimate of drug-likeness (QED) is 0.901. The second-order valence-corrected chi connectivity index (χ2v) is 4.71. The largest absolute Gasteiger partial charge is 0.410 e. The lowest BCUT2D eigenvalue weighted by Gasteiger charge is -2.13. The molecule has 0 aliphatic heterocycles. The summed E-state index contributed by atoms with van der Waals surface area (Å²) < 4.78 is 4.93. The summed E-state index contributed by atoms with van der Waals surface area (Å²) in [5.74, 6) is 0.335. The van der Waals surface area contributed by atoms with Crippen LogP contribution in [-0.4, -0.2) is 11.2 Å². The number of hydrogen-bond donors (Lipinski definition) is 2. The first-order valence-electron chi connectivity index (χ1n) is 6.30. The van der Waals surface area contributed by atoms with E-state index >= 15 is 0 Å². The van der Waals surface area contributed by atoms with Gasteiger partial charge in [-0.1, -0.05) is 18.2 Å². The van der Waals surface area contributed by atoms with E-state index in [-0.39, 0.29) is 6.61 Å². The van der Waals surface area contributed by atoms with E-state index < -0.39 is 6.09 Å². The molecule has 2 aromatic carbocycles. The van der Waals surface area contributed by atoms with Crippen molar-refractivity contribution in [3.63, 3.8) is 0 Å². The molecule has 0 saturated heterocycles. The molecule has 1 amide bonds. The van der Waals surface area contributed by atoms with E-state index in [9.17, 15) is 9.90 Å². The molecule has 4 nitrogen and oxygen atoms in total. The van der Waals surface area contributed by atoms with Crippen LogP contribution in [0.1, 0.15) is 16.7 Å². The summed E-state index contributed by atoms with van der Waals surface area (Å²) in [4.78, 5) is 10.9. The molecule has 2 rings (SSSR count). The highest BCUT2D eigenvalue weighted by atomic mass is 16.5. The van der Waals surface area contributed by atoms with Crippen molar-refractivity contribution < 1.29 is 14.6 Å². The third kappa shape index (κ3) is 2.97. The van der Waals surface area contributed by atoms with Crippen molar-refractivity contribution in [2.24, 2.45) is 5.73 Å². The zero-order chi connectivity index (χ0) is 14.7. The number of hydrogen-bond acceptors (Lipinski definition) is 3. The second-order valence-electron chi connectivity index (χ2n) is 4.71. The maximum atomic E-state index is 10.9. The van der Waals surface area contributed by atoms with Gasteiger partial charge in [-0.25, -0.2) is 4.79 Å². The molecular formula is C16H17NO3. The van der Waals surface area contributed by atoms with E-state index in [1.54, 1.807) is 12.1 Å². The van der Waals surface area contributed by atoms with Crippen LogP contribution >= 0.6 is 0 Å². The maximum Gasteiger partial charge on any atom is 0.409 e. The third-order valence-electron chi connectivity index (χ3n) is 3.14. The van der Waals surface area contributed by atoms with Crippen LogP contribution in [0.5, 0.6) is 5.75 Å². The van der Waals surface area contributed by atoms with Gasteiger partial charge in [0.2, 0.25) is 0 Å². The van der Waals surface area contributed by atoms with Crippen LogP contribution < -0.4 is 10.5 Å². The monoisotopic (exact) mass is 271 g/mol. The summed E-state index contributed by atoms with van der Waals surface area (Å²) in [6.45, 7) is 3.90. The minimum atomic E-state index is -0.868. The smallest absolute Gasteiger partial charge is 0.409 e. The highest BCUT2D eigenvalue weighted by Crippen LogP contribution is 2.31. The van der Waals surface area contributed by atoms with Crippen molar-refractivity contribution in [1.29, 1.82) is 0 Å². The van der Waals surface area contributed by atoms with Gasteiger partial charge in [0.1, 0.15) is 5.75 Å². The molecule has 0 atom stereocenters. The first-order valence-corrected chi connectivity index (χ1v) is 6.30. The highest BCUT2D eigenvalue weighted by Gasteiger charge is 2.10. The second kappa shape index (κ2) is 5.75. The molecule has 0 fully saturated rings. The molecule has 0 unspecified atom stereocenters. The summed E-state index contributed by atoms with van der Waals surface area (Å²) in [7, 11) is 0. The fraction of sp³-hybridized carbons (Fsp3) is 0.188. The van der Waals surface area contributed by atoms with Gasteiger partial charge >= 0.3 is 6.09 Å². The molecule has 0 spiro atoms. The van der Waals surface area contributed by atoms with Gasteiger partial charge < -0.3 is 15.6 Å². The number of aryl methyl sites for hydroxylation is 2. The number of amides is 1. The number of primary amides is 1. The van der Waals surface area contributed by atoms with Crippen molar-refractivity contribution >= 4 is 6.09 Å². The van der Waals surface area contributed by atoms with Crippen molar-refractivity contribution in [3.8, 4) is 16.9 Å². The Bertz CT molecular complexity index is 630. The minimum Gasteiger partial charge on any atom is -0.410 e. The Morgan fingerprint density at radius 1 is 1.20 bits per heavy atom. The predicted octanol–water partition coefficient (Wildman–Crippen LogP) is 2.92. The Morgan fingerprint density at radius 3 is 2.40 bits per heavy atom. The van der Waals surface area contributed by atoms with Crippen LogP contribution in [-0.2, 0) is 6.61 Å². The number of ether oxygens (including phenoxy) is 1. The summed E-state index contributed by atoms with van der Waals surface area (Å²) in [5.41, 5.74) is 9.90. The molecule has 4 heteroatoms. The van der Waals surface area contributed by atoms with Crippen LogP contribution in [0, 0.1) is 13.8 Å². The van der Waals surface area contributed by atoms with Crippen molar-refractivity contribution in [3.05, 3.63) is 53.1 Å². The number of rotatable bonds is 3. The molecule has 0 bridgehead atoms. The number of benzene rings is 2. The van der Waals surface area contributed by atoms with Crippen molar-refractivity contribution in [1.82, 2.24) is 0 Å². The number of carbonyl (C=O) groups is 1. The van der Waals surface area contributed by atoms with E-state index in [2.05, 4.69) is 0 Å². The predicted molar refractivity (Wildman–Crippen MR) is 77.5 cm³/mol. The SMILES string of the molecule is Cc1cccc(C)c1-c1cc(CO)cc(OC(N)=O)c1.